The summed E-state index contributed by atoms with van der Waals surface area (Å²) in [6.07, 6.45) is -1.03. The zero-order valence-electron chi connectivity index (χ0n) is 11.7. The molecule has 1 rings (SSSR count). The second kappa shape index (κ2) is 6.49. The van der Waals surface area contributed by atoms with Gasteiger partial charge < -0.3 is 14.7 Å². The van der Waals surface area contributed by atoms with Gasteiger partial charge in [0.25, 0.3) is 0 Å². The van der Waals surface area contributed by atoms with Crippen LogP contribution in [-0.4, -0.2) is 41.7 Å². The second-order valence-electron chi connectivity index (χ2n) is 4.90. The Balaban J connectivity index is 3.21. The standard InChI is InChI=1S/C13H20N2O4/c1-9(2)19-13-10(12(16)8-14(3)4)6-5-7-11(13)15(17)18/h5-7,9,12,16H,8H2,1-4H3. The minimum atomic E-state index is -0.830. The number of hydrogen-bond acceptors (Lipinski definition) is 5. The van der Waals surface area contributed by atoms with Crippen LogP contribution in [0.2, 0.25) is 0 Å². The third kappa shape index (κ3) is 4.18. The molecule has 6 heteroatoms. The van der Waals surface area contributed by atoms with Gasteiger partial charge in [-0.2, -0.15) is 0 Å². The van der Waals surface area contributed by atoms with E-state index in [1.54, 1.807) is 26.0 Å². The van der Waals surface area contributed by atoms with Crippen LogP contribution < -0.4 is 4.74 Å². The average molecular weight is 268 g/mol. The first-order chi connectivity index (χ1) is 8.82. The van der Waals surface area contributed by atoms with Crippen LogP contribution in [0.5, 0.6) is 5.75 Å². The first kappa shape index (κ1) is 15.4. The van der Waals surface area contributed by atoms with E-state index in [1.165, 1.54) is 6.07 Å². The molecule has 1 atom stereocenters. The summed E-state index contributed by atoms with van der Waals surface area (Å²) >= 11 is 0. The van der Waals surface area contributed by atoms with Crippen molar-refractivity contribution >= 4 is 5.69 Å². The highest BCUT2D eigenvalue weighted by atomic mass is 16.6. The van der Waals surface area contributed by atoms with Crippen LogP contribution >= 0.6 is 0 Å². The maximum atomic E-state index is 11.0. The van der Waals surface area contributed by atoms with Gasteiger partial charge in [-0.3, -0.25) is 10.1 Å². The Morgan fingerprint density at radius 3 is 2.53 bits per heavy atom. The normalized spacial score (nSPS) is 12.8. The molecule has 0 aromatic heterocycles. The number of nitro groups is 1. The van der Waals surface area contributed by atoms with E-state index < -0.39 is 11.0 Å². The lowest BCUT2D eigenvalue weighted by Gasteiger charge is -2.20. The first-order valence-corrected chi connectivity index (χ1v) is 6.09. The quantitative estimate of drug-likeness (QED) is 0.630. The summed E-state index contributed by atoms with van der Waals surface area (Å²) in [5, 5.41) is 21.2. The SMILES string of the molecule is CC(C)Oc1c(C(O)CN(C)C)cccc1[N+](=O)[O-]. The van der Waals surface area contributed by atoms with Crippen LogP contribution in [0.3, 0.4) is 0 Å². The van der Waals surface area contributed by atoms with Gasteiger partial charge in [0.2, 0.25) is 5.75 Å². The lowest BCUT2D eigenvalue weighted by molar-refractivity contribution is -0.386. The molecule has 19 heavy (non-hydrogen) atoms. The van der Waals surface area contributed by atoms with Crippen molar-refractivity contribution in [2.75, 3.05) is 20.6 Å². The molecular weight excluding hydrogens is 248 g/mol. The molecule has 6 nitrogen and oxygen atoms in total. The highest BCUT2D eigenvalue weighted by molar-refractivity contribution is 5.52. The maximum Gasteiger partial charge on any atom is 0.311 e. The maximum absolute atomic E-state index is 11.0. The van der Waals surface area contributed by atoms with E-state index in [-0.39, 0.29) is 17.5 Å². The van der Waals surface area contributed by atoms with E-state index in [4.69, 9.17) is 4.74 Å². The fraction of sp³-hybridized carbons (Fsp3) is 0.538. The third-order valence-corrected chi connectivity index (χ3v) is 2.47. The number of hydrogen-bond donors (Lipinski definition) is 1. The van der Waals surface area contributed by atoms with Crippen molar-refractivity contribution in [2.45, 2.75) is 26.1 Å². The molecule has 1 aromatic rings. The van der Waals surface area contributed by atoms with Gasteiger partial charge in [-0.25, -0.2) is 0 Å². The summed E-state index contributed by atoms with van der Waals surface area (Å²) in [7, 11) is 3.65. The molecule has 106 valence electrons. The predicted molar refractivity (Wildman–Crippen MR) is 72.4 cm³/mol. The number of nitro benzene ring substituents is 1. The Morgan fingerprint density at radius 2 is 2.05 bits per heavy atom. The van der Waals surface area contributed by atoms with Crippen LogP contribution in [0.1, 0.15) is 25.5 Å². The fourth-order valence-electron chi connectivity index (χ4n) is 1.76. The van der Waals surface area contributed by atoms with Gasteiger partial charge in [0.15, 0.2) is 0 Å². The van der Waals surface area contributed by atoms with Crippen LogP contribution in [0.25, 0.3) is 0 Å². The molecule has 0 aliphatic carbocycles. The van der Waals surface area contributed by atoms with Crippen LogP contribution in [0.15, 0.2) is 18.2 Å². The number of aliphatic hydroxyl groups is 1. The summed E-state index contributed by atoms with van der Waals surface area (Å²) in [4.78, 5) is 12.3. The Bertz CT molecular complexity index is 446. The Morgan fingerprint density at radius 1 is 1.42 bits per heavy atom. The molecule has 0 amide bonds. The second-order valence-corrected chi connectivity index (χ2v) is 4.90. The molecule has 0 radical (unpaired) electrons. The molecule has 0 fully saturated rings. The van der Waals surface area contributed by atoms with E-state index in [0.29, 0.717) is 12.1 Å². The number of likely N-dealkylation sites (N-methyl/N-ethyl adjacent to an activating group) is 1. The monoisotopic (exact) mass is 268 g/mol. The summed E-state index contributed by atoms with van der Waals surface area (Å²) in [6, 6.07) is 4.59. The van der Waals surface area contributed by atoms with Gasteiger partial charge >= 0.3 is 5.69 Å². The van der Waals surface area contributed by atoms with Gasteiger partial charge in [-0.15, -0.1) is 0 Å². The van der Waals surface area contributed by atoms with Gasteiger partial charge in [0, 0.05) is 18.2 Å². The Kier molecular flexibility index (Phi) is 5.26. The van der Waals surface area contributed by atoms with Crippen molar-refractivity contribution in [1.82, 2.24) is 4.90 Å². The smallest absolute Gasteiger partial charge is 0.311 e. The minimum absolute atomic E-state index is 0.121. The fourth-order valence-corrected chi connectivity index (χ4v) is 1.76. The first-order valence-electron chi connectivity index (χ1n) is 6.09. The zero-order chi connectivity index (χ0) is 14.6. The van der Waals surface area contributed by atoms with E-state index in [1.807, 2.05) is 19.0 Å². The highest BCUT2D eigenvalue weighted by Crippen LogP contribution is 2.35. The summed E-state index contributed by atoms with van der Waals surface area (Å²) in [6.45, 7) is 3.95. The molecule has 0 saturated carbocycles. The zero-order valence-corrected chi connectivity index (χ0v) is 11.7. The molecule has 0 spiro atoms. The molecule has 1 aromatic carbocycles. The number of benzene rings is 1. The van der Waals surface area contributed by atoms with Crippen molar-refractivity contribution < 1.29 is 14.8 Å². The molecule has 0 aliphatic heterocycles. The number of ether oxygens (including phenoxy) is 1. The van der Waals surface area contributed by atoms with Crippen LogP contribution in [0.4, 0.5) is 5.69 Å². The van der Waals surface area contributed by atoms with Crippen molar-refractivity contribution in [3.63, 3.8) is 0 Å². The summed E-state index contributed by atoms with van der Waals surface area (Å²) in [5.41, 5.74) is 0.320. The van der Waals surface area contributed by atoms with Crippen molar-refractivity contribution in [3.05, 3.63) is 33.9 Å². The van der Waals surface area contributed by atoms with Crippen molar-refractivity contribution in [1.29, 1.82) is 0 Å². The molecule has 0 saturated heterocycles. The van der Waals surface area contributed by atoms with Crippen molar-refractivity contribution in [2.24, 2.45) is 0 Å². The molecule has 0 bridgehead atoms. The number of aliphatic hydroxyl groups excluding tert-OH is 1. The lowest BCUT2D eigenvalue weighted by atomic mass is 10.1. The molecule has 0 heterocycles. The molecule has 0 aliphatic rings. The van der Waals surface area contributed by atoms with Gasteiger partial charge in [0.05, 0.1) is 17.1 Å². The van der Waals surface area contributed by atoms with E-state index in [2.05, 4.69) is 0 Å². The van der Waals surface area contributed by atoms with Gasteiger partial charge in [-0.05, 0) is 27.9 Å². The largest absolute Gasteiger partial charge is 0.484 e. The highest BCUT2D eigenvalue weighted by Gasteiger charge is 2.24. The molecule has 1 unspecified atom stereocenters. The summed E-state index contributed by atoms with van der Waals surface area (Å²) in [5.74, 6) is 0.150. The average Bonchev–Trinajstić information content (AvgIpc) is 2.26. The van der Waals surface area contributed by atoms with E-state index >= 15 is 0 Å². The van der Waals surface area contributed by atoms with Crippen LogP contribution in [0, 0.1) is 10.1 Å². The van der Waals surface area contributed by atoms with E-state index in [0.717, 1.165) is 0 Å². The van der Waals surface area contributed by atoms with Gasteiger partial charge in [-0.1, -0.05) is 12.1 Å². The van der Waals surface area contributed by atoms with E-state index in [9.17, 15) is 15.2 Å². The Labute approximate surface area is 112 Å². The topological polar surface area (TPSA) is 75.8 Å². The number of para-hydroxylation sites is 1. The molecular formula is C13H20N2O4. The molecule has 1 N–H and O–H groups in total. The number of nitrogens with zero attached hydrogens (tertiary/aromatic N) is 2. The Hall–Kier alpha value is -1.66. The number of rotatable bonds is 6. The lowest BCUT2D eigenvalue weighted by Crippen LogP contribution is -2.21. The van der Waals surface area contributed by atoms with Crippen LogP contribution in [-0.2, 0) is 0 Å². The minimum Gasteiger partial charge on any atom is -0.484 e. The predicted octanol–water partition coefficient (Wildman–Crippen LogP) is 1.98. The van der Waals surface area contributed by atoms with Crippen molar-refractivity contribution in [3.8, 4) is 5.75 Å². The van der Waals surface area contributed by atoms with Gasteiger partial charge in [0.1, 0.15) is 0 Å². The third-order valence-electron chi connectivity index (χ3n) is 2.47. The summed E-state index contributed by atoms with van der Waals surface area (Å²) < 4.78 is 5.52.